The molecule has 1 saturated carbocycles. The van der Waals surface area contributed by atoms with E-state index in [2.05, 4.69) is 4.98 Å². The maximum atomic E-state index is 11.8. The number of aryl methyl sites for hydroxylation is 1. The molecule has 19 heavy (non-hydrogen) atoms. The van der Waals surface area contributed by atoms with Crippen molar-refractivity contribution in [2.24, 2.45) is 5.73 Å². The fourth-order valence-electron chi connectivity index (χ4n) is 2.18. The first kappa shape index (κ1) is 14.3. The number of carbonyl (C=O) groups is 1. The number of rotatable bonds is 4. The molecule has 0 atom stereocenters. The van der Waals surface area contributed by atoms with Gasteiger partial charge in [-0.1, -0.05) is 0 Å². The number of nitrogens with two attached hydrogens (primary N) is 1. The molecule has 0 radical (unpaired) electrons. The summed E-state index contributed by atoms with van der Waals surface area (Å²) in [5.41, 5.74) is 5.87. The number of nitrogens with zero attached hydrogens (tertiary/aromatic N) is 1. The van der Waals surface area contributed by atoms with Crippen LogP contribution in [-0.2, 0) is 4.74 Å². The van der Waals surface area contributed by atoms with E-state index in [1.54, 1.807) is 6.92 Å². The molecule has 1 aromatic heterocycles. The molecule has 2 N–H and O–H groups in total. The normalized spacial score (nSPS) is 23.1. The van der Waals surface area contributed by atoms with E-state index in [-0.39, 0.29) is 18.1 Å². The van der Waals surface area contributed by atoms with Crippen LogP contribution in [0.5, 0.6) is 5.88 Å². The summed E-state index contributed by atoms with van der Waals surface area (Å²) in [7, 11) is 0. The van der Waals surface area contributed by atoms with Gasteiger partial charge in [0.2, 0.25) is 5.88 Å². The van der Waals surface area contributed by atoms with Gasteiger partial charge in [0.1, 0.15) is 6.10 Å². The lowest BCUT2D eigenvalue weighted by Crippen LogP contribution is -2.32. The van der Waals surface area contributed by atoms with E-state index >= 15 is 0 Å². The Morgan fingerprint density at radius 3 is 2.74 bits per heavy atom. The average molecular weight is 284 g/mol. The Bertz CT molecular complexity index is 439. The summed E-state index contributed by atoms with van der Waals surface area (Å²) in [6.07, 6.45) is 3.86. The lowest BCUT2D eigenvalue weighted by atomic mass is 9.94. The van der Waals surface area contributed by atoms with Gasteiger partial charge in [-0.2, -0.15) is 0 Å². The first-order chi connectivity index (χ1) is 9.10. The predicted octanol–water partition coefficient (Wildman–Crippen LogP) is 2.28. The van der Waals surface area contributed by atoms with Crippen molar-refractivity contribution in [3.63, 3.8) is 0 Å². The molecule has 0 aliphatic heterocycles. The minimum Gasteiger partial charge on any atom is -0.473 e. The molecule has 0 saturated heterocycles. The Morgan fingerprint density at radius 2 is 2.11 bits per heavy atom. The fourth-order valence-corrected chi connectivity index (χ4v) is 2.93. The van der Waals surface area contributed by atoms with Crippen molar-refractivity contribution >= 4 is 17.3 Å². The van der Waals surface area contributed by atoms with Gasteiger partial charge in [-0.05, 0) is 39.5 Å². The highest BCUT2D eigenvalue weighted by molar-refractivity contribution is 7.13. The SMILES string of the molecule is CCOC(=O)c1sc(C)nc1OC1CCC(N)CC1. The highest BCUT2D eigenvalue weighted by Crippen LogP contribution is 2.29. The molecular formula is C13H20N2O3S. The molecular weight excluding hydrogens is 264 g/mol. The third kappa shape index (κ3) is 3.67. The number of esters is 1. The van der Waals surface area contributed by atoms with Gasteiger partial charge < -0.3 is 15.2 Å². The molecule has 0 unspecified atom stereocenters. The zero-order valence-electron chi connectivity index (χ0n) is 11.3. The quantitative estimate of drug-likeness (QED) is 0.859. The number of thiazole rings is 1. The third-order valence-electron chi connectivity index (χ3n) is 3.16. The molecule has 5 nitrogen and oxygen atoms in total. The molecule has 2 rings (SSSR count). The predicted molar refractivity (Wildman–Crippen MR) is 73.7 cm³/mol. The van der Waals surface area contributed by atoms with Crippen LogP contribution in [0.4, 0.5) is 0 Å². The fraction of sp³-hybridized carbons (Fsp3) is 0.692. The van der Waals surface area contributed by atoms with E-state index in [1.165, 1.54) is 11.3 Å². The minimum atomic E-state index is -0.351. The van der Waals surface area contributed by atoms with Crippen molar-refractivity contribution in [2.75, 3.05) is 6.61 Å². The van der Waals surface area contributed by atoms with E-state index in [0.29, 0.717) is 17.4 Å². The second-order valence-corrected chi connectivity index (χ2v) is 5.95. The molecule has 0 spiro atoms. The summed E-state index contributed by atoms with van der Waals surface area (Å²) in [5.74, 6) is 0.0667. The molecule has 0 aromatic carbocycles. The molecule has 1 aromatic rings. The van der Waals surface area contributed by atoms with Crippen molar-refractivity contribution < 1.29 is 14.3 Å². The second-order valence-electron chi connectivity index (χ2n) is 4.74. The highest BCUT2D eigenvalue weighted by Gasteiger charge is 2.25. The van der Waals surface area contributed by atoms with Crippen LogP contribution in [0.25, 0.3) is 0 Å². The van der Waals surface area contributed by atoms with Crippen molar-refractivity contribution in [1.82, 2.24) is 4.98 Å². The molecule has 6 heteroatoms. The molecule has 1 heterocycles. The molecule has 1 fully saturated rings. The van der Waals surface area contributed by atoms with Crippen LogP contribution in [0.15, 0.2) is 0 Å². The Labute approximate surface area is 117 Å². The molecule has 0 amide bonds. The van der Waals surface area contributed by atoms with E-state index in [0.717, 1.165) is 30.7 Å². The van der Waals surface area contributed by atoms with Crippen molar-refractivity contribution in [3.8, 4) is 5.88 Å². The van der Waals surface area contributed by atoms with Gasteiger partial charge in [-0.3, -0.25) is 0 Å². The Hall–Kier alpha value is -1.14. The zero-order chi connectivity index (χ0) is 13.8. The van der Waals surface area contributed by atoms with E-state index in [9.17, 15) is 4.79 Å². The van der Waals surface area contributed by atoms with Crippen LogP contribution in [-0.4, -0.2) is 29.7 Å². The van der Waals surface area contributed by atoms with Crippen LogP contribution >= 0.6 is 11.3 Å². The van der Waals surface area contributed by atoms with Gasteiger partial charge >= 0.3 is 5.97 Å². The van der Waals surface area contributed by atoms with Gasteiger partial charge in [0.15, 0.2) is 4.88 Å². The van der Waals surface area contributed by atoms with Crippen LogP contribution in [0.1, 0.15) is 47.3 Å². The number of hydrogen-bond donors (Lipinski definition) is 1. The van der Waals surface area contributed by atoms with Crippen molar-refractivity contribution in [1.29, 1.82) is 0 Å². The van der Waals surface area contributed by atoms with E-state index in [4.69, 9.17) is 15.2 Å². The third-order valence-corrected chi connectivity index (χ3v) is 4.09. The van der Waals surface area contributed by atoms with Gasteiger partial charge in [-0.25, -0.2) is 9.78 Å². The first-order valence-electron chi connectivity index (χ1n) is 6.67. The number of carbonyl (C=O) groups excluding carboxylic acids is 1. The summed E-state index contributed by atoms with van der Waals surface area (Å²) in [5, 5.41) is 0.811. The second kappa shape index (κ2) is 6.34. The minimum absolute atomic E-state index is 0.106. The van der Waals surface area contributed by atoms with Crippen LogP contribution < -0.4 is 10.5 Å². The Kier molecular flexibility index (Phi) is 4.76. The average Bonchev–Trinajstić information content (AvgIpc) is 2.74. The van der Waals surface area contributed by atoms with Gasteiger partial charge in [0.05, 0.1) is 11.6 Å². The Morgan fingerprint density at radius 1 is 1.42 bits per heavy atom. The lowest BCUT2D eigenvalue weighted by Gasteiger charge is -2.26. The molecule has 1 aliphatic rings. The lowest BCUT2D eigenvalue weighted by molar-refractivity contribution is 0.0521. The monoisotopic (exact) mass is 284 g/mol. The van der Waals surface area contributed by atoms with E-state index < -0.39 is 0 Å². The standard InChI is InChI=1S/C13H20N2O3S/c1-3-17-13(16)11-12(15-8(2)19-11)18-10-6-4-9(14)5-7-10/h9-10H,3-7,14H2,1-2H3. The van der Waals surface area contributed by atoms with Gasteiger partial charge in [0, 0.05) is 6.04 Å². The number of ether oxygens (including phenoxy) is 2. The highest BCUT2D eigenvalue weighted by atomic mass is 32.1. The number of aromatic nitrogens is 1. The summed E-state index contributed by atoms with van der Waals surface area (Å²) >= 11 is 1.32. The summed E-state index contributed by atoms with van der Waals surface area (Å²) in [4.78, 5) is 16.6. The van der Waals surface area contributed by atoms with Gasteiger partial charge in [0.25, 0.3) is 0 Å². The summed E-state index contributed by atoms with van der Waals surface area (Å²) in [6, 6.07) is 0.279. The van der Waals surface area contributed by atoms with E-state index in [1.807, 2.05) is 6.92 Å². The molecule has 106 valence electrons. The van der Waals surface area contributed by atoms with Crippen LogP contribution in [0.2, 0.25) is 0 Å². The smallest absolute Gasteiger partial charge is 0.353 e. The first-order valence-corrected chi connectivity index (χ1v) is 7.48. The van der Waals surface area contributed by atoms with Crippen LogP contribution in [0, 0.1) is 6.92 Å². The largest absolute Gasteiger partial charge is 0.473 e. The zero-order valence-corrected chi connectivity index (χ0v) is 12.2. The van der Waals surface area contributed by atoms with Crippen LogP contribution in [0.3, 0.4) is 0 Å². The van der Waals surface area contributed by atoms with Crippen molar-refractivity contribution in [3.05, 3.63) is 9.88 Å². The molecule has 1 aliphatic carbocycles. The summed E-state index contributed by atoms with van der Waals surface area (Å²) in [6.45, 7) is 4.00. The number of hydrogen-bond acceptors (Lipinski definition) is 6. The molecule has 0 bridgehead atoms. The van der Waals surface area contributed by atoms with Crippen molar-refractivity contribution in [2.45, 2.75) is 51.7 Å². The maximum absolute atomic E-state index is 11.8. The van der Waals surface area contributed by atoms with Gasteiger partial charge in [-0.15, -0.1) is 11.3 Å². The topological polar surface area (TPSA) is 74.4 Å². The Balaban J connectivity index is 2.05. The summed E-state index contributed by atoms with van der Waals surface area (Å²) < 4.78 is 10.9. The maximum Gasteiger partial charge on any atom is 0.353 e.